The first-order valence-corrected chi connectivity index (χ1v) is 10.8. The SMILES string of the molecule is CC(C(=O)NCCCCCC(=O)O)N1C(=O)/C(=C/c2ccc(Br)cc2)SC1=S. The number of nitrogens with zero attached hydrogens (tertiary/aromatic N) is 1. The smallest absolute Gasteiger partial charge is 0.303 e. The Bertz CT molecular complexity index is 796. The molecule has 150 valence electrons. The molecule has 2 N–H and O–H groups in total. The monoisotopic (exact) mass is 484 g/mol. The van der Waals surface area contributed by atoms with Crippen LogP contribution in [0.15, 0.2) is 33.6 Å². The Kier molecular flexibility index (Phi) is 8.65. The highest BCUT2D eigenvalue weighted by Crippen LogP contribution is 2.34. The Morgan fingerprint density at radius 1 is 1.29 bits per heavy atom. The van der Waals surface area contributed by atoms with Gasteiger partial charge in [0.25, 0.3) is 5.91 Å². The summed E-state index contributed by atoms with van der Waals surface area (Å²) >= 11 is 9.86. The molecule has 1 atom stereocenters. The van der Waals surface area contributed by atoms with Gasteiger partial charge < -0.3 is 10.4 Å². The van der Waals surface area contributed by atoms with Crippen LogP contribution in [0.3, 0.4) is 0 Å². The second-order valence-corrected chi connectivity index (χ2v) is 8.87. The minimum absolute atomic E-state index is 0.131. The number of thiocarbonyl (C=S) groups is 1. The third-order valence-electron chi connectivity index (χ3n) is 4.12. The highest BCUT2D eigenvalue weighted by molar-refractivity contribution is 9.10. The van der Waals surface area contributed by atoms with Gasteiger partial charge in [-0.1, -0.05) is 58.5 Å². The number of thioether (sulfide) groups is 1. The molecule has 1 aliphatic rings. The maximum atomic E-state index is 12.7. The molecule has 0 bridgehead atoms. The highest BCUT2D eigenvalue weighted by atomic mass is 79.9. The van der Waals surface area contributed by atoms with Crippen molar-refractivity contribution in [2.45, 2.75) is 38.6 Å². The summed E-state index contributed by atoms with van der Waals surface area (Å²) < 4.78 is 1.31. The fraction of sp³-hybridized carbons (Fsp3) is 0.368. The minimum atomic E-state index is -0.816. The average molecular weight is 485 g/mol. The number of carbonyl (C=O) groups excluding carboxylic acids is 2. The topological polar surface area (TPSA) is 86.7 Å². The lowest BCUT2D eigenvalue weighted by molar-refractivity contribution is -0.137. The Balaban J connectivity index is 1.90. The van der Waals surface area contributed by atoms with Gasteiger partial charge in [0.15, 0.2) is 0 Å². The molecular weight excluding hydrogens is 464 g/mol. The highest BCUT2D eigenvalue weighted by Gasteiger charge is 2.38. The van der Waals surface area contributed by atoms with Crippen molar-refractivity contribution in [1.82, 2.24) is 10.2 Å². The molecule has 1 aliphatic heterocycles. The van der Waals surface area contributed by atoms with Gasteiger partial charge in [-0.25, -0.2) is 0 Å². The Morgan fingerprint density at radius 3 is 2.61 bits per heavy atom. The molecule has 1 heterocycles. The van der Waals surface area contributed by atoms with Crippen LogP contribution in [0.2, 0.25) is 0 Å². The van der Waals surface area contributed by atoms with Gasteiger partial charge in [0.1, 0.15) is 10.4 Å². The minimum Gasteiger partial charge on any atom is -0.481 e. The number of carboxylic acids is 1. The van der Waals surface area contributed by atoms with Crippen molar-refractivity contribution in [3.63, 3.8) is 0 Å². The van der Waals surface area contributed by atoms with Gasteiger partial charge in [0.05, 0.1) is 4.91 Å². The first-order chi connectivity index (χ1) is 13.3. The Labute approximate surface area is 181 Å². The van der Waals surface area contributed by atoms with Crippen molar-refractivity contribution < 1.29 is 19.5 Å². The first kappa shape index (κ1) is 22.6. The number of hydrogen-bond donors (Lipinski definition) is 2. The van der Waals surface area contributed by atoms with Crippen LogP contribution < -0.4 is 5.32 Å². The zero-order chi connectivity index (χ0) is 20.7. The van der Waals surface area contributed by atoms with Crippen molar-refractivity contribution in [2.24, 2.45) is 0 Å². The summed E-state index contributed by atoms with van der Waals surface area (Å²) in [4.78, 5) is 37.4. The van der Waals surface area contributed by atoms with Crippen LogP contribution in [-0.2, 0) is 14.4 Å². The predicted molar refractivity (Wildman–Crippen MR) is 118 cm³/mol. The summed E-state index contributed by atoms with van der Waals surface area (Å²) in [6, 6.07) is 6.84. The standard InChI is InChI=1S/C19H21BrN2O4S2/c1-12(17(25)21-10-4-2-3-5-16(23)24)22-18(26)15(28-19(22)27)11-13-6-8-14(20)9-7-13/h6-9,11-12H,2-5,10H2,1H3,(H,21,25)(H,23,24)/b15-11-. The van der Waals surface area contributed by atoms with Gasteiger partial charge in [0, 0.05) is 17.4 Å². The number of aliphatic carboxylic acids is 1. The van der Waals surface area contributed by atoms with Crippen LogP contribution in [0.1, 0.15) is 38.2 Å². The van der Waals surface area contributed by atoms with Crippen molar-refractivity contribution in [2.75, 3.05) is 6.54 Å². The van der Waals surface area contributed by atoms with E-state index in [-0.39, 0.29) is 18.2 Å². The summed E-state index contributed by atoms with van der Waals surface area (Å²) in [5.41, 5.74) is 0.877. The molecule has 0 radical (unpaired) electrons. The van der Waals surface area contributed by atoms with Gasteiger partial charge in [-0.2, -0.15) is 0 Å². The van der Waals surface area contributed by atoms with Crippen LogP contribution in [0.5, 0.6) is 0 Å². The van der Waals surface area contributed by atoms with Crippen LogP contribution in [-0.4, -0.2) is 44.7 Å². The fourth-order valence-corrected chi connectivity index (χ4v) is 4.26. The van der Waals surface area contributed by atoms with Crippen LogP contribution >= 0.6 is 39.9 Å². The predicted octanol–water partition coefficient (Wildman–Crippen LogP) is 3.80. The van der Waals surface area contributed by atoms with E-state index in [0.29, 0.717) is 28.6 Å². The Morgan fingerprint density at radius 2 is 1.96 bits per heavy atom. The summed E-state index contributed by atoms with van der Waals surface area (Å²) in [6.45, 7) is 2.08. The van der Waals surface area contributed by atoms with Crippen molar-refractivity contribution in [3.8, 4) is 0 Å². The van der Waals surface area contributed by atoms with E-state index < -0.39 is 12.0 Å². The van der Waals surface area contributed by atoms with E-state index in [2.05, 4.69) is 21.2 Å². The second kappa shape index (κ2) is 10.7. The van der Waals surface area contributed by atoms with Crippen molar-refractivity contribution >= 4 is 68.1 Å². The van der Waals surface area contributed by atoms with E-state index >= 15 is 0 Å². The number of amides is 2. The molecule has 6 nitrogen and oxygen atoms in total. The zero-order valence-corrected chi connectivity index (χ0v) is 18.5. The summed E-state index contributed by atoms with van der Waals surface area (Å²) in [6.07, 6.45) is 3.88. The lowest BCUT2D eigenvalue weighted by Crippen LogP contribution is -2.47. The van der Waals surface area contributed by atoms with Gasteiger partial charge in [-0.05, 0) is 43.5 Å². The van der Waals surface area contributed by atoms with Crippen LogP contribution in [0.25, 0.3) is 6.08 Å². The molecule has 0 aliphatic carbocycles. The molecule has 2 amide bonds. The normalized spacial score (nSPS) is 16.5. The summed E-state index contributed by atoms with van der Waals surface area (Å²) in [5, 5.41) is 11.4. The van der Waals surface area contributed by atoms with Gasteiger partial charge >= 0.3 is 5.97 Å². The van der Waals surface area contributed by atoms with E-state index in [9.17, 15) is 14.4 Å². The molecule has 0 aromatic heterocycles. The largest absolute Gasteiger partial charge is 0.481 e. The number of benzene rings is 1. The molecular formula is C19H21BrN2O4S2. The number of nitrogens with one attached hydrogen (secondary N) is 1. The van der Waals surface area contributed by atoms with E-state index in [1.165, 1.54) is 16.7 Å². The molecule has 1 unspecified atom stereocenters. The molecule has 0 saturated carbocycles. The van der Waals surface area contributed by atoms with E-state index in [0.717, 1.165) is 16.5 Å². The molecule has 28 heavy (non-hydrogen) atoms. The molecule has 1 aromatic rings. The summed E-state index contributed by atoms with van der Waals surface area (Å²) in [5.74, 6) is -1.37. The molecule has 0 spiro atoms. The van der Waals surface area contributed by atoms with E-state index in [4.69, 9.17) is 17.3 Å². The number of rotatable bonds is 9. The van der Waals surface area contributed by atoms with Gasteiger partial charge in [-0.3, -0.25) is 19.3 Å². The van der Waals surface area contributed by atoms with E-state index in [1.807, 2.05) is 24.3 Å². The Hall–Kier alpha value is -1.71. The molecule has 1 saturated heterocycles. The number of carbonyl (C=O) groups is 3. The lowest BCUT2D eigenvalue weighted by Gasteiger charge is -2.22. The summed E-state index contributed by atoms with van der Waals surface area (Å²) in [7, 11) is 0. The third-order valence-corrected chi connectivity index (χ3v) is 5.98. The average Bonchev–Trinajstić information content (AvgIpc) is 2.92. The molecule has 1 aromatic carbocycles. The number of halogens is 1. The fourth-order valence-electron chi connectivity index (χ4n) is 2.58. The quantitative estimate of drug-likeness (QED) is 0.315. The van der Waals surface area contributed by atoms with Crippen molar-refractivity contribution in [3.05, 3.63) is 39.2 Å². The first-order valence-electron chi connectivity index (χ1n) is 8.81. The number of unbranched alkanes of at least 4 members (excludes halogenated alkanes) is 2. The third kappa shape index (κ3) is 6.42. The maximum Gasteiger partial charge on any atom is 0.303 e. The number of carboxylic acid groups (broad SMARTS) is 1. The molecule has 1 fully saturated rings. The van der Waals surface area contributed by atoms with Crippen LogP contribution in [0, 0.1) is 0 Å². The van der Waals surface area contributed by atoms with Gasteiger partial charge in [-0.15, -0.1) is 0 Å². The van der Waals surface area contributed by atoms with E-state index in [1.54, 1.807) is 13.0 Å². The van der Waals surface area contributed by atoms with Crippen LogP contribution in [0.4, 0.5) is 0 Å². The second-order valence-electron chi connectivity index (χ2n) is 6.27. The zero-order valence-electron chi connectivity index (χ0n) is 15.3. The number of hydrogen-bond acceptors (Lipinski definition) is 5. The molecule has 9 heteroatoms. The van der Waals surface area contributed by atoms with Gasteiger partial charge in [0.2, 0.25) is 5.91 Å². The lowest BCUT2D eigenvalue weighted by atomic mass is 10.2. The van der Waals surface area contributed by atoms with Crippen molar-refractivity contribution in [1.29, 1.82) is 0 Å². The molecule has 2 rings (SSSR count). The maximum absolute atomic E-state index is 12.7.